The van der Waals surface area contributed by atoms with Gasteiger partial charge in [0.2, 0.25) is 0 Å². The van der Waals surface area contributed by atoms with E-state index in [0.717, 1.165) is 16.7 Å². The molecule has 32 heavy (non-hydrogen) atoms. The molecule has 0 fully saturated rings. The van der Waals surface area contributed by atoms with Crippen molar-refractivity contribution in [3.63, 3.8) is 0 Å². The highest BCUT2D eigenvalue weighted by Crippen LogP contribution is 2.28. The number of ether oxygens (including phenoxy) is 1. The molecule has 5 nitrogen and oxygen atoms in total. The van der Waals surface area contributed by atoms with Crippen molar-refractivity contribution in [1.29, 1.82) is 0 Å². The fraction of sp³-hybridized carbons (Fsp3) is 0.192. The predicted molar refractivity (Wildman–Crippen MR) is 125 cm³/mol. The molecule has 0 amide bonds. The molecule has 0 spiro atoms. The van der Waals surface area contributed by atoms with Crippen LogP contribution >= 0.6 is 0 Å². The number of carbonyl (C=O) groups excluding carboxylic acids is 1. The number of hydrogen-bond donors (Lipinski definition) is 1. The molecule has 0 aliphatic carbocycles. The Morgan fingerprint density at radius 3 is 2.28 bits per heavy atom. The fourth-order valence-electron chi connectivity index (χ4n) is 3.44. The molecule has 0 unspecified atom stereocenters. The molecule has 1 heterocycles. The van der Waals surface area contributed by atoms with Gasteiger partial charge in [0.15, 0.2) is 5.82 Å². The summed E-state index contributed by atoms with van der Waals surface area (Å²) in [4.78, 5) is 20.9. The number of nitrogens with zero attached hydrogens (tertiary/aromatic N) is 2. The zero-order valence-corrected chi connectivity index (χ0v) is 18.1. The highest BCUT2D eigenvalue weighted by molar-refractivity contribution is 5.91. The van der Waals surface area contributed by atoms with Gasteiger partial charge in [-0.3, -0.25) is 4.79 Å². The minimum atomic E-state index is -0.371. The van der Waals surface area contributed by atoms with Crippen LogP contribution < -0.4 is 5.32 Å². The molecule has 0 saturated carbocycles. The number of fused-ring (bicyclic) bond motifs is 1. The molecule has 3 aromatic carbocycles. The summed E-state index contributed by atoms with van der Waals surface area (Å²) in [7, 11) is 0. The Balaban J connectivity index is 1.64. The number of anilines is 1. The van der Waals surface area contributed by atoms with E-state index in [1.54, 1.807) is 13.0 Å². The summed E-state index contributed by atoms with van der Waals surface area (Å²) in [6.45, 7) is 4.49. The number of hydrogen-bond acceptors (Lipinski definition) is 5. The monoisotopic (exact) mass is 429 g/mol. The lowest BCUT2D eigenvalue weighted by Gasteiger charge is -2.11. The third-order valence-corrected chi connectivity index (χ3v) is 5.11. The summed E-state index contributed by atoms with van der Waals surface area (Å²) >= 11 is 0. The first kappa shape index (κ1) is 21.4. The number of aromatic nitrogens is 2. The summed E-state index contributed by atoms with van der Waals surface area (Å²) in [5.41, 5.74) is 4.93. The van der Waals surface area contributed by atoms with Crippen LogP contribution in [0.25, 0.3) is 33.4 Å². The molecule has 0 atom stereocenters. The molecular weight excluding hydrogens is 405 g/mol. The molecule has 0 bridgehead atoms. The van der Waals surface area contributed by atoms with Crippen molar-refractivity contribution in [2.75, 3.05) is 18.5 Å². The summed E-state index contributed by atoms with van der Waals surface area (Å²) < 4.78 is 18.8. The van der Waals surface area contributed by atoms with Gasteiger partial charge < -0.3 is 10.1 Å². The first-order valence-electron chi connectivity index (χ1n) is 10.6. The third-order valence-electron chi connectivity index (χ3n) is 5.11. The van der Waals surface area contributed by atoms with Crippen LogP contribution in [0.15, 0.2) is 66.7 Å². The van der Waals surface area contributed by atoms with Crippen molar-refractivity contribution in [2.45, 2.75) is 20.3 Å². The average molecular weight is 429 g/mol. The Kier molecular flexibility index (Phi) is 6.40. The highest BCUT2D eigenvalue weighted by Gasteiger charge is 2.12. The van der Waals surface area contributed by atoms with Crippen molar-refractivity contribution in [3.05, 3.63) is 78.1 Å². The van der Waals surface area contributed by atoms with Crippen molar-refractivity contribution in [3.8, 4) is 22.5 Å². The lowest BCUT2D eigenvalue weighted by Crippen LogP contribution is -2.12. The predicted octanol–water partition coefficient (Wildman–Crippen LogP) is 5.78. The molecule has 6 heteroatoms. The van der Waals surface area contributed by atoms with E-state index in [1.807, 2.05) is 24.3 Å². The highest BCUT2D eigenvalue weighted by atomic mass is 19.1. The Bertz CT molecular complexity index is 1240. The number of benzene rings is 3. The Morgan fingerprint density at radius 1 is 0.938 bits per heavy atom. The molecule has 162 valence electrons. The zero-order chi connectivity index (χ0) is 22.5. The number of esters is 1. The number of aryl methyl sites for hydroxylation is 1. The summed E-state index contributed by atoms with van der Waals surface area (Å²) in [6, 6.07) is 20.8. The molecule has 1 N–H and O–H groups in total. The van der Waals surface area contributed by atoms with Gasteiger partial charge in [0.25, 0.3) is 0 Å². The first-order valence-corrected chi connectivity index (χ1v) is 10.6. The van der Waals surface area contributed by atoms with Crippen LogP contribution in [-0.2, 0) is 9.53 Å². The van der Waals surface area contributed by atoms with E-state index in [2.05, 4.69) is 46.5 Å². The van der Waals surface area contributed by atoms with Gasteiger partial charge in [0.05, 0.1) is 18.5 Å². The van der Waals surface area contributed by atoms with Crippen LogP contribution in [0, 0.1) is 12.7 Å². The largest absolute Gasteiger partial charge is 0.466 e. The van der Waals surface area contributed by atoms with E-state index in [-0.39, 0.29) is 18.2 Å². The minimum Gasteiger partial charge on any atom is -0.466 e. The van der Waals surface area contributed by atoms with Crippen molar-refractivity contribution >= 4 is 22.7 Å². The molecule has 4 aromatic rings. The van der Waals surface area contributed by atoms with Gasteiger partial charge in [-0.15, -0.1) is 0 Å². The summed E-state index contributed by atoms with van der Waals surface area (Å²) in [5, 5.41) is 3.70. The summed E-state index contributed by atoms with van der Waals surface area (Å²) in [5.74, 6) is 0.343. The second-order valence-electron chi connectivity index (χ2n) is 7.48. The van der Waals surface area contributed by atoms with Crippen LogP contribution in [-0.4, -0.2) is 29.1 Å². The van der Waals surface area contributed by atoms with Crippen molar-refractivity contribution in [1.82, 2.24) is 9.97 Å². The van der Waals surface area contributed by atoms with Gasteiger partial charge in [-0.1, -0.05) is 54.1 Å². The molecule has 0 aliphatic rings. The number of nitrogens with one attached hydrogen (secondary N) is 1. The van der Waals surface area contributed by atoms with Crippen LogP contribution in [0.4, 0.5) is 10.2 Å². The Hall–Kier alpha value is -3.80. The van der Waals surface area contributed by atoms with E-state index in [1.165, 1.54) is 17.7 Å². The van der Waals surface area contributed by atoms with Crippen LogP contribution in [0.5, 0.6) is 0 Å². The smallest absolute Gasteiger partial charge is 0.307 e. The first-order chi connectivity index (χ1) is 15.5. The van der Waals surface area contributed by atoms with Gasteiger partial charge in [-0.05, 0) is 43.2 Å². The van der Waals surface area contributed by atoms with Crippen molar-refractivity contribution < 1.29 is 13.9 Å². The van der Waals surface area contributed by atoms with Gasteiger partial charge in [-0.2, -0.15) is 0 Å². The molecule has 4 rings (SSSR count). The van der Waals surface area contributed by atoms with E-state index < -0.39 is 0 Å². The Labute approximate surface area is 186 Å². The van der Waals surface area contributed by atoms with Gasteiger partial charge >= 0.3 is 5.97 Å². The summed E-state index contributed by atoms with van der Waals surface area (Å²) in [6.07, 6.45) is 0.190. The molecule has 1 aromatic heterocycles. The van der Waals surface area contributed by atoms with E-state index in [0.29, 0.717) is 35.7 Å². The van der Waals surface area contributed by atoms with E-state index >= 15 is 0 Å². The second kappa shape index (κ2) is 9.56. The standard InChI is InChI=1S/C26H24FN3O2/c1-3-32-24(31)14-15-28-26-22-16-21(27)12-13-23(22)29-25(30-26)20-10-8-19(9-11-20)18-6-4-17(2)5-7-18/h4-13,16H,3,14-15H2,1-2H3,(H,28,29,30). The molecule has 0 radical (unpaired) electrons. The maximum atomic E-state index is 13.9. The topological polar surface area (TPSA) is 64.1 Å². The maximum Gasteiger partial charge on any atom is 0.307 e. The lowest BCUT2D eigenvalue weighted by molar-refractivity contribution is -0.142. The Morgan fingerprint density at radius 2 is 1.59 bits per heavy atom. The van der Waals surface area contributed by atoms with E-state index in [9.17, 15) is 9.18 Å². The van der Waals surface area contributed by atoms with Crippen LogP contribution in [0.3, 0.4) is 0 Å². The minimum absolute atomic E-state index is 0.190. The number of carbonyl (C=O) groups is 1. The van der Waals surface area contributed by atoms with Crippen LogP contribution in [0.1, 0.15) is 18.9 Å². The number of halogens is 1. The normalized spacial score (nSPS) is 10.8. The lowest BCUT2D eigenvalue weighted by atomic mass is 10.0. The van der Waals surface area contributed by atoms with Crippen LogP contribution in [0.2, 0.25) is 0 Å². The number of rotatable bonds is 7. The molecule has 0 aliphatic heterocycles. The van der Waals surface area contributed by atoms with E-state index in [4.69, 9.17) is 4.74 Å². The quantitative estimate of drug-likeness (QED) is 0.378. The molecule has 0 saturated heterocycles. The van der Waals surface area contributed by atoms with Gasteiger partial charge in [0, 0.05) is 17.5 Å². The van der Waals surface area contributed by atoms with Gasteiger partial charge in [-0.25, -0.2) is 14.4 Å². The van der Waals surface area contributed by atoms with Gasteiger partial charge in [0.1, 0.15) is 11.6 Å². The maximum absolute atomic E-state index is 13.9. The van der Waals surface area contributed by atoms with Crippen molar-refractivity contribution in [2.24, 2.45) is 0 Å². The fourth-order valence-corrected chi connectivity index (χ4v) is 3.44. The SMILES string of the molecule is CCOC(=O)CCNc1nc(-c2ccc(-c3ccc(C)cc3)cc2)nc2ccc(F)cc12. The molecular formula is C26H24FN3O2. The third kappa shape index (κ3) is 4.91. The average Bonchev–Trinajstić information content (AvgIpc) is 2.80. The zero-order valence-electron chi connectivity index (χ0n) is 18.1. The second-order valence-corrected chi connectivity index (χ2v) is 7.48.